The van der Waals surface area contributed by atoms with Crippen LogP contribution in [-0.4, -0.2) is 51.6 Å². The summed E-state index contributed by atoms with van der Waals surface area (Å²) in [5, 5.41) is 4.79. The summed E-state index contributed by atoms with van der Waals surface area (Å²) in [4.78, 5) is 18.7. The molecule has 3 aromatic rings. The molecule has 0 amide bonds. The number of anilines is 1. The third-order valence-corrected chi connectivity index (χ3v) is 6.65. The number of aromatic nitrogens is 3. The van der Waals surface area contributed by atoms with Crippen LogP contribution >= 0.6 is 0 Å². The van der Waals surface area contributed by atoms with Gasteiger partial charge in [-0.2, -0.15) is 0 Å². The van der Waals surface area contributed by atoms with Crippen molar-refractivity contribution in [2.45, 2.75) is 43.3 Å². The molecule has 1 saturated carbocycles. The van der Waals surface area contributed by atoms with Gasteiger partial charge in [0.1, 0.15) is 30.1 Å². The molecule has 0 spiro atoms. The summed E-state index contributed by atoms with van der Waals surface area (Å²) < 4.78 is 6.12. The van der Waals surface area contributed by atoms with Crippen molar-refractivity contribution in [2.24, 2.45) is 0 Å². The van der Waals surface area contributed by atoms with E-state index in [1.165, 1.54) is 18.5 Å². The fourth-order valence-corrected chi connectivity index (χ4v) is 4.85. The molecular weight excluding hydrogens is 376 g/mol. The summed E-state index contributed by atoms with van der Waals surface area (Å²) in [5.74, 6) is 2.42. The Labute approximate surface area is 175 Å². The molecule has 0 bridgehead atoms. The molecule has 2 aromatic heterocycles. The third kappa shape index (κ3) is 2.99. The highest BCUT2D eigenvalue weighted by Crippen LogP contribution is 2.42. The molecule has 2 unspecified atom stereocenters. The zero-order valence-electron chi connectivity index (χ0n) is 16.7. The highest BCUT2D eigenvalue weighted by Gasteiger charge is 2.40. The fraction of sp³-hybridized carbons (Fsp3) is 0.435. The minimum Gasteiger partial charge on any atom is -0.491 e. The van der Waals surface area contributed by atoms with Gasteiger partial charge in [-0.15, -0.1) is 0 Å². The monoisotopic (exact) mass is 400 g/mol. The number of likely N-dealkylation sites (tertiary alicyclic amines) is 1. The Morgan fingerprint density at radius 2 is 2.10 bits per heavy atom. The largest absolute Gasteiger partial charge is 0.491 e. The van der Waals surface area contributed by atoms with E-state index in [-0.39, 0.29) is 18.1 Å². The minimum absolute atomic E-state index is 0.0387. The van der Waals surface area contributed by atoms with Crippen molar-refractivity contribution in [3.63, 3.8) is 0 Å². The summed E-state index contributed by atoms with van der Waals surface area (Å²) in [6.45, 7) is 9.75. The number of ether oxygens (including phenoxy) is 1. The molecule has 0 radical (unpaired) electrons. The molecule has 2 fully saturated rings. The van der Waals surface area contributed by atoms with Crippen LogP contribution in [0.1, 0.15) is 42.5 Å². The number of para-hydroxylation sites is 1. The maximum absolute atomic E-state index is 7.41. The Hall–Kier alpha value is -3.11. The summed E-state index contributed by atoms with van der Waals surface area (Å²) in [5.41, 5.74) is 3.29. The van der Waals surface area contributed by atoms with Gasteiger partial charge in [0.15, 0.2) is 0 Å². The molecule has 30 heavy (non-hydrogen) atoms. The summed E-state index contributed by atoms with van der Waals surface area (Å²) >= 11 is 0. The van der Waals surface area contributed by atoms with Gasteiger partial charge < -0.3 is 19.9 Å². The first-order valence-electron chi connectivity index (χ1n) is 10.7. The van der Waals surface area contributed by atoms with Gasteiger partial charge in [0, 0.05) is 24.2 Å². The van der Waals surface area contributed by atoms with Crippen LogP contribution in [0.3, 0.4) is 0 Å². The number of aromatic amines is 1. The van der Waals surface area contributed by atoms with Crippen molar-refractivity contribution in [3.05, 3.63) is 59.3 Å². The number of H-pyrrole nitrogens is 1. The van der Waals surface area contributed by atoms with Crippen molar-refractivity contribution in [3.8, 4) is 5.75 Å². The number of hydrogen-bond acceptors (Lipinski definition) is 5. The molecule has 7 nitrogen and oxygen atoms in total. The highest BCUT2D eigenvalue weighted by molar-refractivity contribution is 5.88. The van der Waals surface area contributed by atoms with E-state index >= 15 is 0 Å². The lowest BCUT2D eigenvalue weighted by Gasteiger charge is -2.39. The van der Waals surface area contributed by atoms with Crippen molar-refractivity contribution in [1.82, 2.24) is 19.9 Å². The smallest absolute Gasteiger partial charge is 0.237 e. The van der Waals surface area contributed by atoms with Crippen molar-refractivity contribution < 1.29 is 4.74 Å². The van der Waals surface area contributed by atoms with Crippen LogP contribution < -0.4 is 10.1 Å². The molecular formula is C23H24N6O. The lowest BCUT2D eigenvalue weighted by molar-refractivity contribution is 0.124. The first-order chi connectivity index (χ1) is 14.8. The molecule has 7 heteroatoms. The first-order valence-corrected chi connectivity index (χ1v) is 10.7. The topological polar surface area (TPSA) is 70.4 Å². The Morgan fingerprint density at radius 3 is 2.93 bits per heavy atom. The average Bonchev–Trinajstić information content (AvgIpc) is 3.35. The number of nitrogens with one attached hydrogen (secondary N) is 2. The maximum Gasteiger partial charge on any atom is 0.237 e. The molecule has 3 atom stereocenters. The molecule has 2 N–H and O–H groups in total. The van der Waals surface area contributed by atoms with Crippen LogP contribution in [0.15, 0.2) is 36.7 Å². The van der Waals surface area contributed by atoms with Crippen LogP contribution in [0.25, 0.3) is 15.9 Å². The normalized spacial score (nSPS) is 26.2. The van der Waals surface area contributed by atoms with Gasteiger partial charge in [-0.1, -0.05) is 18.2 Å². The molecule has 4 heterocycles. The van der Waals surface area contributed by atoms with Gasteiger partial charge in [0.05, 0.1) is 24.0 Å². The van der Waals surface area contributed by atoms with Crippen LogP contribution in [0.2, 0.25) is 0 Å². The van der Waals surface area contributed by atoms with Gasteiger partial charge in [-0.3, -0.25) is 4.90 Å². The van der Waals surface area contributed by atoms with E-state index in [4.69, 9.17) is 11.3 Å². The fourth-order valence-electron chi connectivity index (χ4n) is 4.85. The Balaban J connectivity index is 1.37. The van der Waals surface area contributed by atoms with Gasteiger partial charge in [-0.25, -0.2) is 16.5 Å². The van der Waals surface area contributed by atoms with E-state index < -0.39 is 0 Å². The Morgan fingerprint density at radius 1 is 1.20 bits per heavy atom. The lowest BCUT2D eigenvalue weighted by Crippen LogP contribution is -2.47. The second-order valence-electron chi connectivity index (χ2n) is 8.59. The first kappa shape index (κ1) is 17.7. The zero-order chi connectivity index (χ0) is 20.1. The van der Waals surface area contributed by atoms with Crippen molar-refractivity contribution in [2.75, 3.05) is 25.0 Å². The van der Waals surface area contributed by atoms with Crippen LogP contribution in [0, 0.1) is 6.57 Å². The number of hydrogen-bond donors (Lipinski definition) is 2. The van der Waals surface area contributed by atoms with Crippen LogP contribution in [-0.2, 0) is 0 Å². The van der Waals surface area contributed by atoms with Gasteiger partial charge in [0.25, 0.3) is 0 Å². The van der Waals surface area contributed by atoms with Gasteiger partial charge in [0.2, 0.25) is 6.04 Å². The third-order valence-electron chi connectivity index (χ3n) is 6.65. The SMILES string of the molecule is [C-]#[N+]C1CCN(C2COc3ccccc3[C@@H]2Nc2ncnc3[nH]c(C4CC4)cc23)C1. The van der Waals surface area contributed by atoms with Gasteiger partial charge >= 0.3 is 0 Å². The molecule has 6 rings (SSSR count). The Kier molecular flexibility index (Phi) is 4.13. The standard InChI is InChI=1S/C23H24N6O/c1-24-15-8-9-29(11-15)19-12-30-20-5-3-2-4-16(20)21(19)28-23-17-10-18(14-6-7-14)27-22(17)25-13-26-23/h2-5,10,13-15,19,21H,6-9,11-12H2,(H2,25,26,27,28)/t15?,19?,21-/m0/s1. The van der Waals surface area contributed by atoms with Crippen molar-refractivity contribution in [1.29, 1.82) is 0 Å². The summed E-state index contributed by atoms with van der Waals surface area (Å²) in [7, 11) is 0. The number of nitrogens with zero attached hydrogens (tertiary/aromatic N) is 4. The van der Waals surface area contributed by atoms with E-state index in [0.29, 0.717) is 12.5 Å². The molecule has 1 aromatic carbocycles. The van der Waals surface area contributed by atoms with Crippen LogP contribution in [0.4, 0.5) is 5.82 Å². The molecule has 2 aliphatic heterocycles. The average molecular weight is 400 g/mol. The highest BCUT2D eigenvalue weighted by atomic mass is 16.5. The summed E-state index contributed by atoms with van der Waals surface area (Å²) in [6, 6.07) is 10.7. The quantitative estimate of drug-likeness (QED) is 0.653. The van der Waals surface area contributed by atoms with E-state index in [2.05, 4.69) is 48.2 Å². The van der Waals surface area contributed by atoms with E-state index in [0.717, 1.165) is 47.7 Å². The number of rotatable bonds is 4. The van der Waals surface area contributed by atoms with Gasteiger partial charge in [-0.05, 0) is 30.9 Å². The Bertz CT molecular complexity index is 1130. The molecule has 3 aliphatic rings. The minimum atomic E-state index is 0.0387. The zero-order valence-corrected chi connectivity index (χ0v) is 16.7. The summed E-state index contributed by atoms with van der Waals surface area (Å²) in [6.07, 6.45) is 5.04. The molecule has 1 aliphatic carbocycles. The van der Waals surface area contributed by atoms with E-state index in [1.54, 1.807) is 6.33 Å². The molecule has 152 valence electrons. The second-order valence-corrected chi connectivity index (χ2v) is 8.59. The lowest BCUT2D eigenvalue weighted by atomic mass is 9.95. The van der Waals surface area contributed by atoms with E-state index in [1.807, 2.05) is 12.1 Å². The predicted molar refractivity (Wildman–Crippen MR) is 115 cm³/mol. The number of fused-ring (bicyclic) bond motifs is 2. The van der Waals surface area contributed by atoms with Crippen molar-refractivity contribution >= 4 is 16.9 Å². The van der Waals surface area contributed by atoms with Crippen LogP contribution in [0.5, 0.6) is 5.75 Å². The second kappa shape index (κ2) is 6.99. The van der Waals surface area contributed by atoms with E-state index in [9.17, 15) is 0 Å². The number of benzene rings is 1. The predicted octanol–water partition coefficient (Wildman–Crippen LogP) is 3.74. The maximum atomic E-state index is 7.41. The molecule has 1 saturated heterocycles.